The summed E-state index contributed by atoms with van der Waals surface area (Å²) in [7, 11) is 0. The van der Waals surface area contributed by atoms with Gasteiger partial charge in [-0.2, -0.15) is 0 Å². The van der Waals surface area contributed by atoms with E-state index in [0.29, 0.717) is 17.9 Å². The first-order valence-corrected chi connectivity index (χ1v) is 6.36. The standard InChI is InChI=1S/C15H15FN2O2/c1-2-5-11-8-10(15(19)20)9-14(17-11)18-13-7-4-3-6-12(13)16/h3-4,6-9H,2,5H2,1H3,(H,17,18)(H,19,20). The zero-order chi connectivity index (χ0) is 14.5. The number of pyridine rings is 1. The third kappa shape index (κ3) is 3.32. The molecule has 0 amide bonds. The largest absolute Gasteiger partial charge is 0.478 e. The number of halogens is 1. The van der Waals surface area contributed by atoms with Gasteiger partial charge in [0.1, 0.15) is 11.6 Å². The van der Waals surface area contributed by atoms with E-state index in [1.54, 1.807) is 24.3 Å². The number of aromatic carboxylic acids is 1. The zero-order valence-electron chi connectivity index (χ0n) is 11.1. The minimum Gasteiger partial charge on any atom is -0.478 e. The molecular formula is C15H15FN2O2. The molecule has 2 N–H and O–H groups in total. The number of para-hydroxylation sites is 1. The molecule has 2 rings (SSSR count). The van der Waals surface area contributed by atoms with Gasteiger partial charge in [0.05, 0.1) is 11.3 Å². The van der Waals surface area contributed by atoms with Gasteiger partial charge < -0.3 is 10.4 Å². The molecule has 1 aromatic heterocycles. The van der Waals surface area contributed by atoms with Gasteiger partial charge >= 0.3 is 5.97 Å². The predicted molar refractivity (Wildman–Crippen MR) is 74.9 cm³/mol. The molecule has 104 valence electrons. The Hall–Kier alpha value is -2.43. The first-order chi connectivity index (χ1) is 9.60. The van der Waals surface area contributed by atoms with E-state index < -0.39 is 11.8 Å². The number of nitrogens with one attached hydrogen (secondary N) is 1. The normalized spacial score (nSPS) is 10.3. The fraction of sp³-hybridized carbons (Fsp3) is 0.200. The lowest BCUT2D eigenvalue weighted by Gasteiger charge is -2.09. The van der Waals surface area contributed by atoms with Crippen LogP contribution >= 0.6 is 0 Å². The molecule has 0 fully saturated rings. The number of aromatic nitrogens is 1. The molecule has 0 saturated heterocycles. The van der Waals surface area contributed by atoms with Crippen molar-refractivity contribution in [3.63, 3.8) is 0 Å². The topological polar surface area (TPSA) is 62.2 Å². The summed E-state index contributed by atoms with van der Waals surface area (Å²) in [4.78, 5) is 15.4. The van der Waals surface area contributed by atoms with Crippen molar-refractivity contribution in [3.8, 4) is 0 Å². The van der Waals surface area contributed by atoms with E-state index in [0.717, 1.165) is 6.42 Å². The quantitative estimate of drug-likeness (QED) is 0.874. The summed E-state index contributed by atoms with van der Waals surface area (Å²) >= 11 is 0. The molecule has 0 aliphatic rings. The van der Waals surface area contributed by atoms with Gasteiger partial charge in [-0.3, -0.25) is 0 Å². The molecule has 0 aliphatic carbocycles. The molecule has 2 aromatic rings. The second-order valence-electron chi connectivity index (χ2n) is 4.39. The molecule has 0 radical (unpaired) electrons. The van der Waals surface area contributed by atoms with Crippen LogP contribution in [-0.2, 0) is 6.42 Å². The van der Waals surface area contributed by atoms with E-state index >= 15 is 0 Å². The maximum atomic E-state index is 13.6. The molecule has 0 bridgehead atoms. The smallest absolute Gasteiger partial charge is 0.335 e. The Kier molecular flexibility index (Phi) is 4.30. The van der Waals surface area contributed by atoms with E-state index in [-0.39, 0.29) is 11.3 Å². The highest BCUT2D eigenvalue weighted by Crippen LogP contribution is 2.20. The molecule has 1 aromatic carbocycles. The number of benzene rings is 1. The number of aryl methyl sites for hydroxylation is 1. The highest BCUT2D eigenvalue weighted by Gasteiger charge is 2.09. The van der Waals surface area contributed by atoms with Gasteiger partial charge in [-0.05, 0) is 30.7 Å². The van der Waals surface area contributed by atoms with Crippen LogP contribution in [-0.4, -0.2) is 16.1 Å². The van der Waals surface area contributed by atoms with E-state index in [2.05, 4.69) is 10.3 Å². The highest BCUT2D eigenvalue weighted by atomic mass is 19.1. The van der Waals surface area contributed by atoms with Gasteiger partial charge in [0.15, 0.2) is 0 Å². The monoisotopic (exact) mass is 274 g/mol. The fourth-order valence-electron chi connectivity index (χ4n) is 1.86. The summed E-state index contributed by atoms with van der Waals surface area (Å²) in [5, 5.41) is 11.9. The molecule has 1 heterocycles. The van der Waals surface area contributed by atoms with E-state index in [1.165, 1.54) is 12.1 Å². The number of anilines is 2. The van der Waals surface area contributed by atoms with Gasteiger partial charge in [-0.1, -0.05) is 25.5 Å². The van der Waals surface area contributed by atoms with Crippen molar-refractivity contribution in [3.05, 3.63) is 53.5 Å². The molecule has 0 atom stereocenters. The van der Waals surface area contributed by atoms with Crippen LogP contribution in [0, 0.1) is 5.82 Å². The van der Waals surface area contributed by atoms with Crippen molar-refractivity contribution in [1.82, 2.24) is 4.98 Å². The third-order valence-corrected chi connectivity index (χ3v) is 2.77. The number of rotatable bonds is 5. The first-order valence-electron chi connectivity index (χ1n) is 6.36. The minimum absolute atomic E-state index is 0.141. The Morgan fingerprint density at radius 2 is 2.10 bits per heavy atom. The second-order valence-corrected chi connectivity index (χ2v) is 4.39. The SMILES string of the molecule is CCCc1cc(C(=O)O)cc(Nc2ccccc2F)n1. The van der Waals surface area contributed by atoms with Crippen LogP contribution in [0.25, 0.3) is 0 Å². The van der Waals surface area contributed by atoms with Crippen molar-refractivity contribution in [2.75, 3.05) is 5.32 Å². The second kappa shape index (κ2) is 6.14. The molecule has 0 spiro atoms. The van der Waals surface area contributed by atoms with Crippen LogP contribution in [0.15, 0.2) is 36.4 Å². The summed E-state index contributed by atoms with van der Waals surface area (Å²) in [6, 6.07) is 9.12. The van der Waals surface area contributed by atoms with Crippen molar-refractivity contribution >= 4 is 17.5 Å². The predicted octanol–water partition coefficient (Wildman–Crippen LogP) is 3.62. The van der Waals surface area contributed by atoms with Crippen molar-refractivity contribution in [2.45, 2.75) is 19.8 Å². The molecule has 4 nitrogen and oxygen atoms in total. The van der Waals surface area contributed by atoms with E-state index in [4.69, 9.17) is 5.11 Å². The van der Waals surface area contributed by atoms with Gasteiger partial charge in [0.2, 0.25) is 0 Å². The number of hydrogen-bond donors (Lipinski definition) is 2. The first kappa shape index (κ1) is 14.0. The third-order valence-electron chi connectivity index (χ3n) is 2.77. The van der Waals surface area contributed by atoms with Crippen LogP contribution in [0.3, 0.4) is 0 Å². The zero-order valence-corrected chi connectivity index (χ0v) is 11.1. The van der Waals surface area contributed by atoms with E-state index in [1.807, 2.05) is 6.92 Å². The molecule has 0 unspecified atom stereocenters. The number of carbonyl (C=O) groups is 1. The van der Waals surface area contributed by atoms with Crippen LogP contribution in [0.5, 0.6) is 0 Å². The lowest BCUT2D eigenvalue weighted by Crippen LogP contribution is -2.04. The summed E-state index contributed by atoms with van der Waals surface area (Å²) in [5.74, 6) is -1.10. The number of carboxylic acids is 1. The molecule has 5 heteroatoms. The number of carboxylic acid groups (broad SMARTS) is 1. The summed E-state index contributed by atoms with van der Waals surface area (Å²) in [6.07, 6.45) is 1.53. The molecule has 20 heavy (non-hydrogen) atoms. The van der Waals surface area contributed by atoms with Gasteiger partial charge in [0.25, 0.3) is 0 Å². The van der Waals surface area contributed by atoms with Gasteiger partial charge in [-0.25, -0.2) is 14.2 Å². The Balaban J connectivity index is 2.35. The lowest BCUT2D eigenvalue weighted by atomic mass is 10.1. The van der Waals surface area contributed by atoms with Crippen molar-refractivity contribution in [2.24, 2.45) is 0 Å². The van der Waals surface area contributed by atoms with Gasteiger partial charge in [0, 0.05) is 5.69 Å². The highest BCUT2D eigenvalue weighted by molar-refractivity contribution is 5.88. The Morgan fingerprint density at radius 3 is 2.75 bits per heavy atom. The number of hydrogen-bond acceptors (Lipinski definition) is 3. The summed E-state index contributed by atoms with van der Waals surface area (Å²) in [5.41, 5.74) is 1.08. The average Bonchev–Trinajstić information content (AvgIpc) is 2.41. The summed E-state index contributed by atoms with van der Waals surface area (Å²) < 4.78 is 13.6. The maximum Gasteiger partial charge on any atom is 0.335 e. The maximum absolute atomic E-state index is 13.6. The summed E-state index contributed by atoms with van der Waals surface area (Å²) in [6.45, 7) is 1.99. The van der Waals surface area contributed by atoms with E-state index in [9.17, 15) is 9.18 Å². The lowest BCUT2D eigenvalue weighted by molar-refractivity contribution is 0.0696. The Morgan fingerprint density at radius 1 is 1.35 bits per heavy atom. The molecule has 0 aliphatic heterocycles. The average molecular weight is 274 g/mol. The van der Waals surface area contributed by atoms with Crippen molar-refractivity contribution < 1.29 is 14.3 Å². The molecular weight excluding hydrogens is 259 g/mol. The Labute approximate surface area is 116 Å². The van der Waals surface area contributed by atoms with Crippen LogP contribution in [0.4, 0.5) is 15.9 Å². The Bertz CT molecular complexity index is 629. The van der Waals surface area contributed by atoms with Crippen LogP contribution in [0.2, 0.25) is 0 Å². The van der Waals surface area contributed by atoms with Crippen LogP contribution in [0.1, 0.15) is 29.4 Å². The minimum atomic E-state index is -1.03. The fourth-order valence-corrected chi connectivity index (χ4v) is 1.86. The number of nitrogens with zero attached hydrogens (tertiary/aromatic N) is 1. The van der Waals surface area contributed by atoms with Crippen LogP contribution < -0.4 is 5.32 Å². The molecule has 0 saturated carbocycles. The van der Waals surface area contributed by atoms with Crippen molar-refractivity contribution in [1.29, 1.82) is 0 Å². The van der Waals surface area contributed by atoms with Gasteiger partial charge in [-0.15, -0.1) is 0 Å².